The molecular weight excluding hydrogens is 276 g/mol. The average Bonchev–Trinajstić information content (AvgIpc) is 3.17. The molecule has 118 valence electrons. The quantitative estimate of drug-likeness (QED) is 0.856. The highest BCUT2D eigenvalue weighted by molar-refractivity contribution is 5.98. The van der Waals surface area contributed by atoms with Gasteiger partial charge in [0.2, 0.25) is 11.8 Å². The molecule has 0 radical (unpaired) electrons. The van der Waals surface area contributed by atoms with E-state index >= 15 is 0 Å². The molecule has 0 saturated carbocycles. The van der Waals surface area contributed by atoms with Gasteiger partial charge in [-0.3, -0.25) is 0 Å². The molecule has 2 heterocycles. The molecule has 0 saturated heterocycles. The van der Waals surface area contributed by atoms with E-state index in [0.717, 1.165) is 22.9 Å². The first kappa shape index (κ1) is 15.1. The minimum Gasteiger partial charge on any atom is -0.475 e. The zero-order chi connectivity index (χ0) is 15.7. The predicted octanol–water partition coefficient (Wildman–Crippen LogP) is 3.29. The molecule has 4 nitrogen and oxygen atoms in total. The molecule has 0 aromatic heterocycles. The molecule has 0 aliphatic carbocycles. The Hall–Kier alpha value is -1.84. The summed E-state index contributed by atoms with van der Waals surface area (Å²) < 4.78 is 11.4. The van der Waals surface area contributed by atoms with Crippen molar-refractivity contribution in [1.29, 1.82) is 0 Å². The van der Waals surface area contributed by atoms with Crippen LogP contribution in [0.25, 0.3) is 0 Å². The Morgan fingerprint density at radius 3 is 1.41 bits per heavy atom. The van der Waals surface area contributed by atoms with Crippen LogP contribution in [0.2, 0.25) is 0 Å². The third-order valence-electron chi connectivity index (χ3n) is 4.27. The van der Waals surface area contributed by atoms with E-state index < -0.39 is 0 Å². The lowest BCUT2D eigenvalue weighted by atomic mass is 10.1. The summed E-state index contributed by atoms with van der Waals surface area (Å²) in [6.45, 7) is 10.0. The molecule has 22 heavy (non-hydrogen) atoms. The van der Waals surface area contributed by atoms with Gasteiger partial charge in [0.1, 0.15) is 13.2 Å². The van der Waals surface area contributed by atoms with E-state index in [2.05, 4.69) is 37.7 Å². The third kappa shape index (κ3) is 3.01. The molecule has 0 unspecified atom stereocenters. The molecule has 2 atom stereocenters. The minimum absolute atomic E-state index is 0.268. The summed E-state index contributed by atoms with van der Waals surface area (Å²) in [4.78, 5) is 9.31. The first-order chi connectivity index (χ1) is 10.5. The highest BCUT2D eigenvalue weighted by Crippen LogP contribution is 2.20. The van der Waals surface area contributed by atoms with Gasteiger partial charge in [-0.15, -0.1) is 0 Å². The monoisotopic (exact) mass is 300 g/mol. The van der Waals surface area contributed by atoms with E-state index in [0.29, 0.717) is 25.0 Å². The smallest absolute Gasteiger partial charge is 0.216 e. The van der Waals surface area contributed by atoms with Crippen LogP contribution in [0.3, 0.4) is 0 Å². The summed E-state index contributed by atoms with van der Waals surface area (Å²) in [6, 6.07) is 8.67. The highest BCUT2D eigenvalue weighted by atomic mass is 16.5. The van der Waals surface area contributed by atoms with E-state index in [4.69, 9.17) is 9.47 Å². The lowest BCUT2D eigenvalue weighted by Crippen LogP contribution is -2.13. The maximum Gasteiger partial charge on any atom is 0.216 e. The van der Waals surface area contributed by atoms with Gasteiger partial charge in [-0.2, -0.15) is 0 Å². The number of aliphatic imine (C=N–C) groups is 2. The number of rotatable bonds is 4. The van der Waals surface area contributed by atoms with Gasteiger partial charge in [0.25, 0.3) is 0 Å². The fourth-order valence-electron chi connectivity index (χ4n) is 2.53. The van der Waals surface area contributed by atoms with Gasteiger partial charge in [0.15, 0.2) is 0 Å². The van der Waals surface area contributed by atoms with Crippen molar-refractivity contribution in [3.05, 3.63) is 35.4 Å². The molecule has 0 spiro atoms. The summed E-state index contributed by atoms with van der Waals surface area (Å²) in [7, 11) is 0. The van der Waals surface area contributed by atoms with Crippen molar-refractivity contribution in [1.82, 2.24) is 0 Å². The van der Waals surface area contributed by atoms with Gasteiger partial charge < -0.3 is 9.47 Å². The van der Waals surface area contributed by atoms with Gasteiger partial charge in [-0.25, -0.2) is 9.98 Å². The minimum atomic E-state index is 0.268. The normalized spacial score (nSPS) is 24.3. The zero-order valence-electron chi connectivity index (χ0n) is 13.7. The summed E-state index contributed by atoms with van der Waals surface area (Å²) in [5.74, 6) is 2.51. The Labute approximate surface area is 132 Å². The highest BCUT2D eigenvalue weighted by Gasteiger charge is 2.24. The molecule has 0 fully saturated rings. The maximum absolute atomic E-state index is 5.72. The average molecular weight is 300 g/mol. The molecule has 2 aliphatic heterocycles. The van der Waals surface area contributed by atoms with Crippen molar-refractivity contribution in [3.63, 3.8) is 0 Å². The maximum atomic E-state index is 5.72. The van der Waals surface area contributed by atoms with Gasteiger partial charge in [0.05, 0.1) is 12.1 Å². The molecular formula is C18H24N2O2. The lowest BCUT2D eigenvalue weighted by molar-refractivity contribution is 0.291. The van der Waals surface area contributed by atoms with Crippen LogP contribution in [0.15, 0.2) is 34.3 Å². The van der Waals surface area contributed by atoms with Gasteiger partial charge >= 0.3 is 0 Å². The second-order valence-corrected chi connectivity index (χ2v) is 6.69. The van der Waals surface area contributed by atoms with Crippen molar-refractivity contribution in [2.75, 3.05) is 13.2 Å². The predicted molar refractivity (Wildman–Crippen MR) is 88.7 cm³/mol. The third-order valence-corrected chi connectivity index (χ3v) is 4.27. The van der Waals surface area contributed by atoms with E-state index in [9.17, 15) is 0 Å². The van der Waals surface area contributed by atoms with Crippen LogP contribution in [0, 0.1) is 11.8 Å². The number of hydrogen-bond donors (Lipinski definition) is 0. The van der Waals surface area contributed by atoms with Crippen LogP contribution >= 0.6 is 0 Å². The molecule has 3 rings (SSSR count). The fourth-order valence-corrected chi connectivity index (χ4v) is 2.53. The summed E-state index contributed by atoms with van der Waals surface area (Å²) >= 11 is 0. The largest absolute Gasteiger partial charge is 0.475 e. The number of nitrogens with zero attached hydrogens (tertiary/aromatic N) is 2. The molecule has 1 aromatic rings. The SMILES string of the molecule is CC(C)[C@@H]1COC(c2ccc(C3=N[C@H](C(C)C)CO3)cc2)=N1. The fraction of sp³-hybridized carbons (Fsp3) is 0.556. The molecule has 0 bridgehead atoms. The van der Waals surface area contributed by atoms with E-state index in [1.807, 2.05) is 24.3 Å². The van der Waals surface area contributed by atoms with E-state index in [-0.39, 0.29) is 12.1 Å². The Morgan fingerprint density at radius 2 is 1.14 bits per heavy atom. The molecule has 2 aliphatic rings. The second kappa shape index (κ2) is 6.11. The van der Waals surface area contributed by atoms with Crippen LogP contribution in [-0.2, 0) is 9.47 Å². The zero-order valence-corrected chi connectivity index (χ0v) is 13.7. The van der Waals surface area contributed by atoms with Crippen LogP contribution in [0.1, 0.15) is 38.8 Å². The molecule has 4 heteroatoms. The number of ether oxygens (including phenoxy) is 2. The van der Waals surface area contributed by atoms with Crippen molar-refractivity contribution in [3.8, 4) is 0 Å². The number of hydrogen-bond acceptors (Lipinski definition) is 4. The standard InChI is InChI=1S/C18H24N2O2/c1-11(2)15-9-21-17(19-15)13-5-7-14(8-6-13)18-20-16(10-22-18)12(3)4/h5-8,11-12,15-16H,9-10H2,1-4H3/t15-,16-/m0/s1. The van der Waals surface area contributed by atoms with Gasteiger partial charge in [-0.1, -0.05) is 27.7 Å². The van der Waals surface area contributed by atoms with Crippen molar-refractivity contribution in [2.45, 2.75) is 39.8 Å². The lowest BCUT2D eigenvalue weighted by Gasteiger charge is -2.06. The molecule has 0 N–H and O–H groups in total. The van der Waals surface area contributed by atoms with Crippen LogP contribution in [0.4, 0.5) is 0 Å². The first-order valence-corrected chi connectivity index (χ1v) is 8.06. The van der Waals surface area contributed by atoms with Crippen LogP contribution in [0.5, 0.6) is 0 Å². The first-order valence-electron chi connectivity index (χ1n) is 8.06. The topological polar surface area (TPSA) is 43.2 Å². The van der Waals surface area contributed by atoms with E-state index in [1.165, 1.54) is 0 Å². The summed E-state index contributed by atoms with van der Waals surface area (Å²) in [6.07, 6.45) is 0. The van der Waals surface area contributed by atoms with E-state index in [1.54, 1.807) is 0 Å². The molecule has 1 aromatic carbocycles. The Kier molecular flexibility index (Phi) is 4.19. The number of benzene rings is 1. The van der Waals surface area contributed by atoms with Gasteiger partial charge in [-0.05, 0) is 36.1 Å². The Morgan fingerprint density at radius 1 is 0.773 bits per heavy atom. The molecule has 0 amide bonds. The Balaban J connectivity index is 1.74. The summed E-state index contributed by atoms with van der Waals surface area (Å²) in [5.41, 5.74) is 2.04. The van der Waals surface area contributed by atoms with Crippen LogP contribution < -0.4 is 0 Å². The van der Waals surface area contributed by atoms with Gasteiger partial charge in [0, 0.05) is 11.1 Å². The van der Waals surface area contributed by atoms with Crippen molar-refractivity contribution in [2.24, 2.45) is 21.8 Å². The van der Waals surface area contributed by atoms with Crippen molar-refractivity contribution < 1.29 is 9.47 Å². The van der Waals surface area contributed by atoms with Crippen LogP contribution in [-0.4, -0.2) is 37.1 Å². The van der Waals surface area contributed by atoms with Crippen molar-refractivity contribution >= 4 is 11.8 Å². The Bertz CT molecular complexity index is 535. The summed E-state index contributed by atoms with van der Waals surface area (Å²) in [5, 5.41) is 0. The second-order valence-electron chi connectivity index (χ2n) is 6.69.